The van der Waals surface area contributed by atoms with Crippen LogP contribution in [0.2, 0.25) is 0 Å². The summed E-state index contributed by atoms with van der Waals surface area (Å²) in [6.45, 7) is 10.4. The number of hydrogen-bond acceptors (Lipinski definition) is 2. The molecule has 0 aromatic carbocycles. The Balaban J connectivity index is 1.99. The zero-order valence-electron chi connectivity index (χ0n) is 12.1. The molecule has 0 spiro atoms. The summed E-state index contributed by atoms with van der Waals surface area (Å²) >= 11 is 0. The summed E-state index contributed by atoms with van der Waals surface area (Å²) in [4.78, 5) is 4.43. The van der Waals surface area contributed by atoms with E-state index in [0.29, 0.717) is 5.92 Å². The minimum atomic E-state index is 0.683. The maximum atomic E-state index is 4.43. The maximum Gasteiger partial charge on any atom is 0.128 e. The molecule has 0 saturated heterocycles. The van der Waals surface area contributed by atoms with Gasteiger partial charge in [-0.05, 0) is 31.5 Å². The Bertz CT molecular complexity index is 496. The molecule has 2 heterocycles. The van der Waals surface area contributed by atoms with E-state index in [-0.39, 0.29) is 0 Å². The lowest BCUT2D eigenvalue weighted by Crippen LogP contribution is -2.21. The monoisotopic (exact) mass is 260 g/mol. The molecule has 4 heteroatoms. The summed E-state index contributed by atoms with van der Waals surface area (Å²) < 4.78 is 4.45. The van der Waals surface area contributed by atoms with Crippen LogP contribution in [-0.4, -0.2) is 20.7 Å². The molecule has 0 bridgehead atoms. The summed E-state index contributed by atoms with van der Waals surface area (Å²) in [5.74, 6) is 1.80. The zero-order chi connectivity index (χ0) is 13.7. The van der Waals surface area contributed by atoms with Gasteiger partial charge in [-0.3, -0.25) is 0 Å². The summed E-state index contributed by atoms with van der Waals surface area (Å²) in [6.07, 6.45) is 6.04. The molecule has 104 valence electrons. The Kier molecular flexibility index (Phi) is 4.80. The lowest BCUT2D eigenvalue weighted by molar-refractivity contribution is 0.535. The lowest BCUT2D eigenvalue weighted by Gasteiger charge is -2.12. The van der Waals surface area contributed by atoms with Gasteiger partial charge in [-0.2, -0.15) is 0 Å². The fraction of sp³-hybridized carbons (Fsp3) is 0.533. The van der Waals surface area contributed by atoms with Crippen molar-refractivity contribution >= 4 is 0 Å². The van der Waals surface area contributed by atoms with E-state index in [2.05, 4.69) is 58.5 Å². The lowest BCUT2D eigenvalue weighted by atomic mass is 10.2. The molecule has 0 atom stereocenters. The number of aryl methyl sites for hydroxylation is 1. The minimum absolute atomic E-state index is 0.683. The van der Waals surface area contributed by atoms with Gasteiger partial charge in [0.1, 0.15) is 5.82 Å². The second-order valence-electron chi connectivity index (χ2n) is 5.28. The van der Waals surface area contributed by atoms with Crippen molar-refractivity contribution in [3.8, 4) is 0 Å². The SMILES string of the molecule is CCn1ccnc1Cn1cccc1CNCC(C)C. The number of nitrogens with one attached hydrogen (secondary N) is 1. The standard InChI is InChI=1S/C15H24N4/c1-4-18-9-7-17-15(18)12-19-8-5-6-14(19)11-16-10-13(2)3/h5-9,13,16H,4,10-12H2,1-3H3. The van der Waals surface area contributed by atoms with Crippen molar-refractivity contribution in [1.82, 2.24) is 19.4 Å². The Labute approximate surface area is 115 Å². The number of rotatable bonds is 7. The molecule has 0 aliphatic heterocycles. The Morgan fingerprint density at radius 3 is 2.84 bits per heavy atom. The van der Waals surface area contributed by atoms with Crippen LogP contribution in [0.15, 0.2) is 30.7 Å². The number of imidazole rings is 1. The fourth-order valence-corrected chi connectivity index (χ4v) is 2.19. The van der Waals surface area contributed by atoms with E-state index in [4.69, 9.17) is 0 Å². The van der Waals surface area contributed by atoms with Crippen LogP contribution in [0, 0.1) is 5.92 Å². The van der Waals surface area contributed by atoms with Crippen LogP contribution in [0.25, 0.3) is 0 Å². The second-order valence-corrected chi connectivity index (χ2v) is 5.28. The Morgan fingerprint density at radius 1 is 1.26 bits per heavy atom. The predicted molar refractivity (Wildman–Crippen MR) is 78.0 cm³/mol. The molecule has 0 unspecified atom stereocenters. The molecule has 2 aromatic rings. The summed E-state index contributed by atoms with van der Waals surface area (Å²) in [5.41, 5.74) is 1.31. The van der Waals surface area contributed by atoms with Crippen LogP contribution in [0.5, 0.6) is 0 Å². The van der Waals surface area contributed by atoms with Gasteiger partial charge in [0.25, 0.3) is 0 Å². The van der Waals surface area contributed by atoms with E-state index >= 15 is 0 Å². The van der Waals surface area contributed by atoms with E-state index in [1.54, 1.807) is 0 Å². The smallest absolute Gasteiger partial charge is 0.128 e. The third kappa shape index (κ3) is 3.70. The van der Waals surface area contributed by atoms with E-state index in [0.717, 1.165) is 32.0 Å². The van der Waals surface area contributed by atoms with Crippen LogP contribution < -0.4 is 5.32 Å². The molecule has 0 aliphatic rings. The quantitative estimate of drug-likeness (QED) is 0.830. The molecule has 19 heavy (non-hydrogen) atoms. The summed E-state index contributed by atoms with van der Waals surface area (Å²) in [7, 11) is 0. The highest BCUT2D eigenvalue weighted by molar-refractivity contribution is 5.09. The van der Waals surface area contributed by atoms with Crippen LogP contribution in [-0.2, 0) is 19.6 Å². The average molecular weight is 260 g/mol. The van der Waals surface area contributed by atoms with Crippen molar-refractivity contribution in [3.05, 3.63) is 42.2 Å². The molecule has 4 nitrogen and oxygen atoms in total. The third-order valence-corrected chi connectivity index (χ3v) is 3.24. The third-order valence-electron chi connectivity index (χ3n) is 3.24. The van der Waals surface area contributed by atoms with Gasteiger partial charge in [0, 0.05) is 37.4 Å². The van der Waals surface area contributed by atoms with Gasteiger partial charge in [-0.25, -0.2) is 4.98 Å². The second kappa shape index (κ2) is 6.57. The highest BCUT2D eigenvalue weighted by Gasteiger charge is 2.06. The van der Waals surface area contributed by atoms with Crippen LogP contribution >= 0.6 is 0 Å². The van der Waals surface area contributed by atoms with Crippen molar-refractivity contribution in [1.29, 1.82) is 0 Å². The van der Waals surface area contributed by atoms with Gasteiger partial charge in [0.2, 0.25) is 0 Å². The predicted octanol–water partition coefficient (Wildman–Crippen LogP) is 2.50. The topological polar surface area (TPSA) is 34.8 Å². The van der Waals surface area contributed by atoms with Gasteiger partial charge < -0.3 is 14.5 Å². The first kappa shape index (κ1) is 13.9. The largest absolute Gasteiger partial charge is 0.343 e. The first-order valence-electron chi connectivity index (χ1n) is 7.05. The number of hydrogen-bond donors (Lipinski definition) is 1. The van der Waals surface area contributed by atoms with Crippen molar-refractivity contribution in [2.45, 2.75) is 40.4 Å². The molecule has 2 rings (SSSR count). The van der Waals surface area contributed by atoms with Crippen molar-refractivity contribution in [2.75, 3.05) is 6.54 Å². The van der Waals surface area contributed by atoms with Crippen molar-refractivity contribution < 1.29 is 0 Å². The van der Waals surface area contributed by atoms with Gasteiger partial charge >= 0.3 is 0 Å². The zero-order valence-corrected chi connectivity index (χ0v) is 12.1. The fourth-order valence-electron chi connectivity index (χ4n) is 2.19. The maximum absolute atomic E-state index is 4.43. The first-order chi connectivity index (χ1) is 9.20. The van der Waals surface area contributed by atoms with Gasteiger partial charge in [0.05, 0.1) is 6.54 Å². The molecule has 0 saturated carbocycles. The van der Waals surface area contributed by atoms with E-state index in [1.807, 2.05) is 12.4 Å². The Hall–Kier alpha value is -1.55. The molecule has 0 aliphatic carbocycles. The summed E-state index contributed by atoms with van der Waals surface area (Å²) in [5, 5.41) is 3.49. The molecule has 2 aromatic heterocycles. The van der Waals surface area contributed by atoms with E-state index in [9.17, 15) is 0 Å². The van der Waals surface area contributed by atoms with Crippen LogP contribution in [0.3, 0.4) is 0 Å². The highest BCUT2D eigenvalue weighted by Crippen LogP contribution is 2.07. The van der Waals surface area contributed by atoms with Crippen LogP contribution in [0.4, 0.5) is 0 Å². The van der Waals surface area contributed by atoms with E-state index < -0.39 is 0 Å². The number of nitrogens with zero attached hydrogens (tertiary/aromatic N) is 3. The molecule has 0 fully saturated rings. The molecule has 0 amide bonds. The molecular weight excluding hydrogens is 236 g/mol. The molecule has 0 radical (unpaired) electrons. The van der Waals surface area contributed by atoms with Crippen molar-refractivity contribution in [3.63, 3.8) is 0 Å². The van der Waals surface area contributed by atoms with Crippen molar-refractivity contribution in [2.24, 2.45) is 5.92 Å². The first-order valence-corrected chi connectivity index (χ1v) is 7.05. The summed E-state index contributed by atoms with van der Waals surface area (Å²) in [6, 6.07) is 4.28. The minimum Gasteiger partial charge on any atom is -0.343 e. The van der Waals surface area contributed by atoms with Gasteiger partial charge in [-0.15, -0.1) is 0 Å². The van der Waals surface area contributed by atoms with E-state index in [1.165, 1.54) is 5.69 Å². The molecular formula is C15H24N4. The number of aromatic nitrogens is 3. The Morgan fingerprint density at radius 2 is 2.11 bits per heavy atom. The average Bonchev–Trinajstić information content (AvgIpc) is 2.99. The normalized spacial score (nSPS) is 11.4. The van der Waals surface area contributed by atoms with Crippen LogP contribution in [0.1, 0.15) is 32.3 Å². The highest BCUT2D eigenvalue weighted by atomic mass is 15.1. The molecule has 1 N–H and O–H groups in total. The van der Waals surface area contributed by atoms with Gasteiger partial charge in [0.15, 0.2) is 0 Å². The van der Waals surface area contributed by atoms with Gasteiger partial charge in [-0.1, -0.05) is 13.8 Å².